The van der Waals surface area contributed by atoms with Gasteiger partial charge in [0.15, 0.2) is 0 Å². The molecule has 4 heteroatoms. The van der Waals surface area contributed by atoms with Crippen LogP contribution >= 0.6 is 22.9 Å². The first-order valence-electron chi connectivity index (χ1n) is 8.31. The highest BCUT2D eigenvalue weighted by Crippen LogP contribution is 2.30. The highest BCUT2D eigenvalue weighted by molar-refractivity contribution is 7.13. The highest BCUT2D eigenvalue weighted by atomic mass is 35.5. The molecule has 1 aliphatic rings. The normalized spacial score (nSPS) is 16.8. The molecular formula is C20H19ClN2S. The third-order valence-corrected chi connectivity index (χ3v) is 5.73. The molecule has 122 valence electrons. The zero-order chi connectivity index (χ0) is 16.4. The van der Waals surface area contributed by atoms with Crippen LogP contribution in [0.25, 0.3) is 10.6 Å². The lowest BCUT2D eigenvalue weighted by molar-refractivity contribution is 0.457. The minimum atomic E-state index is 0.440. The first-order valence-corrected chi connectivity index (χ1v) is 9.57. The molecule has 0 radical (unpaired) electrons. The number of thiazole rings is 1. The molecule has 0 saturated heterocycles. The number of aryl methyl sites for hydroxylation is 1. The topological polar surface area (TPSA) is 24.9 Å². The standard InChI is InChI=1S/C20H19ClN2S/c21-16-10-8-15(9-11-16)20-23-17(13-24-20)12-22-19-7-3-5-14-4-1-2-6-18(14)19/h1-2,4,6,8-11,13,19,22H,3,5,7,12H2. The maximum atomic E-state index is 5.95. The first kappa shape index (κ1) is 15.8. The number of rotatable bonds is 4. The molecule has 4 rings (SSSR count). The van der Waals surface area contributed by atoms with Crippen LogP contribution in [0.15, 0.2) is 53.9 Å². The van der Waals surface area contributed by atoms with Gasteiger partial charge in [-0.2, -0.15) is 0 Å². The average Bonchev–Trinajstić information content (AvgIpc) is 3.09. The maximum Gasteiger partial charge on any atom is 0.123 e. The van der Waals surface area contributed by atoms with E-state index in [0.717, 1.165) is 27.8 Å². The smallest absolute Gasteiger partial charge is 0.123 e. The van der Waals surface area contributed by atoms with Crippen molar-refractivity contribution in [2.45, 2.75) is 31.8 Å². The summed E-state index contributed by atoms with van der Waals surface area (Å²) in [4.78, 5) is 4.76. The average molecular weight is 355 g/mol. The van der Waals surface area contributed by atoms with Crippen molar-refractivity contribution in [2.24, 2.45) is 0 Å². The van der Waals surface area contributed by atoms with Crippen molar-refractivity contribution < 1.29 is 0 Å². The molecule has 0 saturated carbocycles. The monoisotopic (exact) mass is 354 g/mol. The van der Waals surface area contributed by atoms with Crippen molar-refractivity contribution in [1.82, 2.24) is 10.3 Å². The molecule has 1 N–H and O–H groups in total. The van der Waals surface area contributed by atoms with E-state index in [4.69, 9.17) is 16.6 Å². The minimum Gasteiger partial charge on any atom is -0.304 e. The van der Waals surface area contributed by atoms with Crippen molar-refractivity contribution in [3.05, 3.63) is 75.8 Å². The summed E-state index contributed by atoms with van der Waals surface area (Å²) in [5.41, 5.74) is 5.17. The molecule has 1 aromatic heterocycles. The Bertz CT molecular complexity index is 826. The van der Waals surface area contributed by atoms with Crippen molar-refractivity contribution in [3.63, 3.8) is 0 Å². The second-order valence-corrected chi connectivity index (χ2v) is 7.47. The Morgan fingerprint density at radius 1 is 1.12 bits per heavy atom. The molecule has 0 fully saturated rings. The first-order chi connectivity index (χ1) is 11.8. The molecule has 0 spiro atoms. The van der Waals surface area contributed by atoms with E-state index in [1.54, 1.807) is 11.3 Å². The van der Waals surface area contributed by atoms with Crippen LogP contribution in [0, 0.1) is 0 Å². The number of fused-ring (bicyclic) bond motifs is 1. The predicted molar refractivity (Wildman–Crippen MR) is 102 cm³/mol. The lowest BCUT2D eigenvalue weighted by Gasteiger charge is -2.26. The summed E-state index contributed by atoms with van der Waals surface area (Å²) < 4.78 is 0. The lowest BCUT2D eigenvalue weighted by Crippen LogP contribution is -2.24. The summed E-state index contributed by atoms with van der Waals surface area (Å²) in [7, 11) is 0. The van der Waals surface area contributed by atoms with Gasteiger partial charge in [0.05, 0.1) is 5.69 Å². The molecule has 2 aromatic carbocycles. The van der Waals surface area contributed by atoms with Gasteiger partial charge in [-0.05, 0) is 42.5 Å². The van der Waals surface area contributed by atoms with Crippen LogP contribution < -0.4 is 5.32 Å². The van der Waals surface area contributed by atoms with Gasteiger partial charge in [-0.15, -0.1) is 11.3 Å². The van der Waals surface area contributed by atoms with Gasteiger partial charge < -0.3 is 5.32 Å². The third-order valence-electron chi connectivity index (χ3n) is 4.54. The molecule has 0 bridgehead atoms. The molecule has 24 heavy (non-hydrogen) atoms. The zero-order valence-corrected chi connectivity index (χ0v) is 14.9. The van der Waals surface area contributed by atoms with E-state index in [9.17, 15) is 0 Å². The number of nitrogens with one attached hydrogen (secondary N) is 1. The van der Waals surface area contributed by atoms with Crippen molar-refractivity contribution >= 4 is 22.9 Å². The SMILES string of the molecule is Clc1ccc(-c2nc(CNC3CCCc4ccccc43)cs2)cc1. The summed E-state index contributed by atoms with van der Waals surface area (Å²) in [5, 5.41) is 7.64. The Morgan fingerprint density at radius 2 is 1.96 bits per heavy atom. The Labute approximate surface area is 151 Å². The Kier molecular flexibility index (Phi) is 4.65. The molecule has 2 nitrogen and oxygen atoms in total. The lowest BCUT2D eigenvalue weighted by atomic mass is 9.88. The summed E-state index contributed by atoms with van der Waals surface area (Å²) in [6.45, 7) is 0.809. The Balaban J connectivity index is 1.45. The summed E-state index contributed by atoms with van der Waals surface area (Å²) in [6.07, 6.45) is 3.65. The molecule has 0 amide bonds. The largest absolute Gasteiger partial charge is 0.304 e. The molecule has 1 aliphatic carbocycles. The second kappa shape index (κ2) is 7.06. The van der Waals surface area contributed by atoms with E-state index < -0.39 is 0 Å². The maximum absolute atomic E-state index is 5.95. The van der Waals surface area contributed by atoms with Crippen LogP contribution in [0.2, 0.25) is 5.02 Å². The summed E-state index contributed by atoms with van der Waals surface area (Å²) >= 11 is 7.64. The van der Waals surface area contributed by atoms with Crippen LogP contribution in [-0.4, -0.2) is 4.98 Å². The van der Waals surface area contributed by atoms with Crippen LogP contribution in [0.5, 0.6) is 0 Å². The molecule has 1 unspecified atom stereocenters. The number of hydrogen-bond donors (Lipinski definition) is 1. The molecule has 0 aliphatic heterocycles. The molecular weight excluding hydrogens is 336 g/mol. The van der Waals surface area contributed by atoms with E-state index in [2.05, 4.69) is 35.0 Å². The van der Waals surface area contributed by atoms with Gasteiger partial charge in [0.2, 0.25) is 0 Å². The number of benzene rings is 2. The third kappa shape index (κ3) is 3.39. The zero-order valence-electron chi connectivity index (χ0n) is 13.3. The van der Waals surface area contributed by atoms with Gasteiger partial charge in [0.25, 0.3) is 0 Å². The molecule has 1 atom stereocenters. The Hall–Kier alpha value is -1.68. The summed E-state index contributed by atoms with van der Waals surface area (Å²) in [5.74, 6) is 0. The fourth-order valence-electron chi connectivity index (χ4n) is 3.31. The van der Waals surface area contributed by atoms with Crippen molar-refractivity contribution in [3.8, 4) is 10.6 Å². The van der Waals surface area contributed by atoms with E-state index >= 15 is 0 Å². The number of halogens is 1. The number of aromatic nitrogens is 1. The van der Waals surface area contributed by atoms with E-state index in [1.807, 2.05) is 24.3 Å². The molecule has 1 heterocycles. The van der Waals surface area contributed by atoms with E-state index in [0.29, 0.717) is 6.04 Å². The fraction of sp³-hybridized carbons (Fsp3) is 0.250. The van der Waals surface area contributed by atoms with Crippen LogP contribution in [0.1, 0.15) is 35.7 Å². The van der Waals surface area contributed by atoms with Gasteiger partial charge in [-0.1, -0.05) is 48.0 Å². The Morgan fingerprint density at radius 3 is 2.83 bits per heavy atom. The van der Waals surface area contributed by atoms with Gasteiger partial charge in [-0.25, -0.2) is 4.98 Å². The van der Waals surface area contributed by atoms with Crippen molar-refractivity contribution in [1.29, 1.82) is 0 Å². The van der Waals surface area contributed by atoms with E-state index in [1.165, 1.54) is 30.4 Å². The van der Waals surface area contributed by atoms with E-state index in [-0.39, 0.29) is 0 Å². The second-order valence-electron chi connectivity index (χ2n) is 6.18. The quantitative estimate of drug-likeness (QED) is 0.656. The summed E-state index contributed by atoms with van der Waals surface area (Å²) in [6, 6.07) is 17.1. The van der Waals surface area contributed by atoms with Gasteiger partial charge in [-0.3, -0.25) is 0 Å². The van der Waals surface area contributed by atoms with Crippen molar-refractivity contribution in [2.75, 3.05) is 0 Å². The molecule has 3 aromatic rings. The van der Waals surface area contributed by atoms with Gasteiger partial charge in [0, 0.05) is 28.6 Å². The fourth-order valence-corrected chi connectivity index (χ4v) is 4.26. The minimum absolute atomic E-state index is 0.440. The highest BCUT2D eigenvalue weighted by Gasteiger charge is 2.19. The number of nitrogens with zero attached hydrogens (tertiary/aromatic N) is 1. The predicted octanol–water partition coefficient (Wildman–Crippen LogP) is 5.63. The van der Waals surface area contributed by atoms with Crippen LogP contribution in [0.3, 0.4) is 0 Å². The van der Waals surface area contributed by atoms with Gasteiger partial charge >= 0.3 is 0 Å². The van der Waals surface area contributed by atoms with Gasteiger partial charge in [0.1, 0.15) is 5.01 Å². The van der Waals surface area contributed by atoms with Crippen LogP contribution in [-0.2, 0) is 13.0 Å². The van der Waals surface area contributed by atoms with Crippen LogP contribution in [0.4, 0.5) is 0 Å². The number of hydrogen-bond acceptors (Lipinski definition) is 3.